The lowest BCUT2D eigenvalue weighted by atomic mass is 10.1. The van der Waals surface area contributed by atoms with Gasteiger partial charge < -0.3 is 10.6 Å². The number of amides is 2. The molecule has 114 valence electrons. The zero-order valence-corrected chi connectivity index (χ0v) is 12.5. The van der Waals surface area contributed by atoms with Crippen molar-refractivity contribution in [3.05, 3.63) is 24.3 Å². The highest BCUT2D eigenvalue weighted by Crippen LogP contribution is 2.22. The topological polar surface area (TPSA) is 78.5 Å². The van der Waals surface area contributed by atoms with Gasteiger partial charge in [-0.1, -0.05) is 0 Å². The van der Waals surface area contributed by atoms with Gasteiger partial charge in [-0.3, -0.25) is 4.90 Å². The molecule has 1 aromatic carbocycles. The van der Waals surface area contributed by atoms with Crippen molar-refractivity contribution >= 4 is 27.2 Å². The summed E-state index contributed by atoms with van der Waals surface area (Å²) in [6, 6.07) is 7.44. The molecule has 2 saturated heterocycles. The van der Waals surface area contributed by atoms with E-state index >= 15 is 0 Å². The van der Waals surface area contributed by atoms with Gasteiger partial charge >= 0.3 is 6.03 Å². The van der Waals surface area contributed by atoms with Crippen molar-refractivity contribution in [1.29, 1.82) is 0 Å². The smallest absolute Gasteiger partial charge is 0.321 e. The minimum atomic E-state index is -2.90. The van der Waals surface area contributed by atoms with Crippen LogP contribution in [0.25, 0.3) is 0 Å². The van der Waals surface area contributed by atoms with Gasteiger partial charge in [0.15, 0.2) is 9.84 Å². The average molecular weight is 309 g/mol. The Morgan fingerprint density at radius 2 is 2.00 bits per heavy atom. The number of rotatable bonds is 3. The predicted molar refractivity (Wildman–Crippen MR) is 82.5 cm³/mol. The van der Waals surface area contributed by atoms with Crippen LogP contribution in [0.5, 0.6) is 0 Å². The summed E-state index contributed by atoms with van der Waals surface area (Å²) >= 11 is 0. The van der Waals surface area contributed by atoms with E-state index in [0.29, 0.717) is 25.3 Å². The number of hydrogen-bond donors (Lipinski definition) is 2. The molecule has 1 unspecified atom stereocenters. The Morgan fingerprint density at radius 3 is 2.62 bits per heavy atom. The number of urea groups is 1. The number of nitrogens with one attached hydrogen (secondary N) is 2. The van der Waals surface area contributed by atoms with Crippen molar-refractivity contribution < 1.29 is 13.2 Å². The van der Waals surface area contributed by atoms with Gasteiger partial charge in [0.25, 0.3) is 0 Å². The largest absolute Gasteiger partial charge is 0.381 e. The van der Waals surface area contributed by atoms with E-state index in [4.69, 9.17) is 0 Å². The molecule has 0 spiro atoms. The van der Waals surface area contributed by atoms with Crippen LogP contribution in [0.1, 0.15) is 12.8 Å². The molecule has 2 heterocycles. The van der Waals surface area contributed by atoms with E-state index in [1.807, 2.05) is 24.3 Å². The molecular weight excluding hydrogens is 290 g/mol. The molecule has 2 fully saturated rings. The molecule has 21 heavy (non-hydrogen) atoms. The molecule has 2 aliphatic rings. The highest BCUT2D eigenvalue weighted by atomic mass is 32.2. The molecule has 0 aromatic heterocycles. The Kier molecular flexibility index (Phi) is 3.75. The van der Waals surface area contributed by atoms with E-state index in [9.17, 15) is 13.2 Å². The number of nitrogens with zero attached hydrogens (tertiary/aromatic N) is 1. The molecule has 0 bridgehead atoms. The molecule has 7 heteroatoms. The fourth-order valence-corrected chi connectivity index (χ4v) is 4.46. The summed E-state index contributed by atoms with van der Waals surface area (Å²) in [5.41, 5.74) is 1.74. The summed E-state index contributed by atoms with van der Waals surface area (Å²) in [7, 11) is -2.90. The van der Waals surface area contributed by atoms with Crippen molar-refractivity contribution in [2.75, 3.05) is 34.8 Å². The minimum absolute atomic E-state index is 0.0234. The first-order valence-corrected chi connectivity index (χ1v) is 8.98. The lowest BCUT2D eigenvalue weighted by Gasteiger charge is -2.24. The zero-order valence-electron chi connectivity index (χ0n) is 11.7. The van der Waals surface area contributed by atoms with Crippen LogP contribution < -0.4 is 15.5 Å². The quantitative estimate of drug-likeness (QED) is 0.879. The second-order valence-electron chi connectivity index (χ2n) is 5.53. The normalized spacial score (nSPS) is 24.7. The van der Waals surface area contributed by atoms with Crippen molar-refractivity contribution in [2.24, 2.45) is 0 Å². The summed E-state index contributed by atoms with van der Waals surface area (Å²) in [5, 5.41) is 6.03. The van der Waals surface area contributed by atoms with Gasteiger partial charge in [-0.2, -0.15) is 0 Å². The highest BCUT2D eigenvalue weighted by molar-refractivity contribution is 7.91. The van der Waals surface area contributed by atoms with Gasteiger partial charge in [0.05, 0.1) is 11.5 Å². The second kappa shape index (κ2) is 5.55. The van der Waals surface area contributed by atoms with Crippen LogP contribution in [0.2, 0.25) is 0 Å². The van der Waals surface area contributed by atoms with Crippen LogP contribution in [-0.4, -0.2) is 45.1 Å². The van der Waals surface area contributed by atoms with Crippen LogP contribution >= 0.6 is 0 Å². The number of hydrogen-bond acceptors (Lipinski definition) is 4. The van der Waals surface area contributed by atoms with Gasteiger partial charge in [-0.25, -0.2) is 13.2 Å². The fraction of sp³-hybridized carbons (Fsp3) is 0.500. The van der Waals surface area contributed by atoms with Crippen molar-refractivity contribution in [3.63, 3.8) is 0 Å². The Bertz CT molecular complexity index is 627. The Hall–Kier alpha value is -1.76. The van der Waals surface area contributed by atoms with Crippen LogP contribution in [0, 0.1) is 0 Å². The molecular formula is C14H19N3O3S. The number of benzene rings is 1. The van der Waals surface area contributed by atoms with E-state index in [2.05, 4.69) is 10.6 Å². The third kappa shape index (κ3) is 3.29. The number of carbonyl (C=O) groups excluding carboxylic acids is 1. The first-order chi connectivity index (χ1) is 10.0. The zero-order chi connectivity index (χ0) is 14.9. The van der Waals surface area contributed by atoms with Crippen LogP contribution in [-0.2, 0) is 9.84 Å². The van der Waals surface area contributed by atoms with E-state index in [-0.39, 0.29) is 17.8 Å². The van der Waals surface area contributed by atoms with Gasteiger partial charge in [-0.15, -0.1) is 0 Å². The summed E-state index contributed by atoms with van der Waals surface area (Å²) in [6.45, 7) is 1.34. The van der Waals surface area contributed by atoms with Crippen molar-refractivity contribution in [3.8, 4) is 0 Å². The van der Waals surface area contributed by atoms with E-state index in [1.54, 1.807) is 4.90 Å². The van der Waals surface area contributed by atoms with E-state index in [0.717, 1.165) is 17.8 Å². The molecule has 6 nitrogen and oxygen atoms in total. The molecule has 1 aromatic rings. The molecule has 0 saturated carbocycles. The van der Waals surface area contributed by atoms with Crippen LogP contribution in [0.15, 0.2) is 24.3 Å². The summed E-state index contributed by atoms with van der Waals surface area (Å²) in [5.74, 6) is 0.497. The monoisotopic (exact) mass is 309 g/mol. The molecule has 2 N–H and O–H groups in total. The highest BCUT2D eigenvalue weighted by Gasteiger charge is 2.25. The summed E-state index contributed by atoms with van der Waals surface area (Å²) in [6.07, 6.45) is 1.58. The summed E-state index contributed by atoms with van der Waals surface area (Å²) < 4.78 is 23.2. The first-order valence-electron chi connectivity index (χ1n) is 7.16. The van der Waals surface area contributed by atoms with E-state index < -0.39 is 9.84 Å². The maximum Gasteiger partial charge on any atom is 0.321 e. The van der Waals surface area contributed by atoms with Crippen molar-refractivity contribution in [2.45, 2.75) is 18.9 Å². The lowest BCUT2D eigenvalue weighted by molar-refractivity contribution is 0.252. The Morgan fingerprint density at radius 1 is 1.24 bits per heavy atom. The maximum absolute atomic E-state index is 11.6. The molecule has 3 rings (SSSR count). The summed E-state index contributed by atoms with van der Waals surface area (Å²) in [4.78, 5) is 13.3. The molecule has 2 amide bonds. The van der Waals surface area contributed by atoms with E-state index in [1.165, 1.54) is 0 Å². The van der Waals surface area contributed by atoms with Gasteiger partial charge in [0.2, 0.25) is 0 Å². The number of sulfone groups is 1. The maximum atomic E-state index is 11.6. The molecule has 1 atom stereocenters. The number of carbonyl (C=O) groups is 1. The fourth-order valence-electron chi connectivity index (χ4n) is 2.83. The first kappa shape index (κ1) is 14.2. The van der Waals surface area contributed by atoms with Gasteiger partial charge in [0.1, 0.15) is 0 Å². The van der Waals surface area contributed by atoms with Crippen LogP contribution in [0.4, 0.5) is 16.2 Å². The Labute approximate surface area is 124 Å². The molecule has 0 aliphatic carbocycles. The third-order valence-electron chi connectivity index (χ3n) is 3.87. The standard InChI is InChI=1S/C14H19N3O3S/c18-14-15-7-8-17(14)13-5-3-11(4-6-13)16-12-2-1-9-21(19,20)10-12/h3-6,12,16H,1-2,7-10H2,(H,15,18). The predicted octanol–water partition coefficient (Wildman–Crippen LogP) is 1.21. The molecule has 2 aliphatic heterocycles. The second-order valence-corrected chi connectivity index (χ2v) is 7.76. The average Bonchev–Trinajstić information content (AvgIpc) is 2.85. The Balaban J connectivity index is 1.66. The van der Waals surface area contributed by atoms with Crippen molar-refractivity contribution in [1.82, 2.24) is 5.32 Å². The third-order valence-corrected chi connectivity index (χ3v) is 5.69. The number of anilines is 2. The molecule has 0 radical (unpaired) electrons. The minimum Gasteiger partial charge on any atom is -0.381 e. The van der Waals surface area contributed by atoms with Gasteiger partial charge in [0, 0.05) is 30.5 Å². The van der Waals surface area contributed by atoms with Crippen LogP contribution in [0.3, 0.4) is 0 Å². The SMILES string of the molecule is O=C1NCCN1c1ccc(NC2CCCS(=O)(=O)C2)cc1. The lowest BCUT2D eigenvalue weighted by Crippen LogP contribution is -2.34. The van der Waals surface area contributed by atoms with Gasteiger partial charge in [-0.05, 0) is 37.1 Å².